The molecule has 154 valence electrons. The maximum absolute atomic E-state index is 12.9. The summed E-state index contributed by atoms with van der Waals surface area (Å²) < 4.78 is 0. The lowest BCUT2D eigenvalue weighted by Crippen LogP contribution is -2.52. The molecule has 2 aliphatic rings. The van der Waals surface area contributed by atoms with E-state index in [1.165, 1.54) is 6.42 Å². The number of halogens is 3. The molecule has 1 amide bonds. The lowest BCUT2D eigenvalue weighted by molar-refractivity contribution is -0.128. The highest BCUT2D eigenvalue weighted by Crippen LogP contribution is 2.39. The molecule has 2 saturated heterocycles. The number of benzene rings is 2. The number of piperidine rings is 1. The summed E-state index contributed by atoms with van der Waals surface area (Å²) in [6.45, 7) is 1.79. The summed E-state index contributed by atoms with van der Waals surface area (Å²) in [6, 6.07) is 12.6. The summed E-state index contributed by atoms with van der Waals surface area (Å²) in [5, 5.41) is 5.75. The molecular weight excluding hydrogens is 431 g/mol. The number of anilines is 1. The molecule has 2 aromatic carbocycles. The molecule has 2 atom stereocenters. The van der Waals surface area contributed by atoms with Crippen LogP contribution in [0.15, 0.2) is 42.5 Å². The zero-order valence-electron chi connectivity index (χ0n) is 15.9. The minimum atomic E-state index is -0.371. The molecule has 0 aromatic heterocycles. The number of hydrogen-bond donors (Lipinski definition) is 2. The standard InChI is InChI=1S/C21H23Cl3N4O/c22-15-6-4-14(5-7-15)20-13-18(21(29)26-27-10-2-1-3-11-27)25-28(20)19-9-8-16(23)12-17(19)24/h4-9,12,18,20,25H,1-3,10-11,13H2,(H,26,29). The van der Waals surface area contributed by atoms with E-state index in [0.29, 0.717) is 21.5 Å². The van der Waals surface area contributed by atoms with E-state index < -0.39 is 0 Å². The van der Waals surface area contributed by atoms with E-state index in [2.05, 4.69) is 10.9 Å². The van der Waals surface area contributed by atoms with Crippen LogP contribution in [0.25, 0.3) is 0 Å². The quantitative estimate of drug-likeness (QED) is 0.685. The molecule has 0 saturated carbocycles. The largest absolute Gasteiger partial charge is 0.299 e. The van der Waals surface area contributed by atoms with Gasteiger partial charge >= 0.3 is 0 Å². The predicted molar refractivity (Wildman–Crippen MR) is 118 cm³/mol. The Morgan fingerprint density at radius 2 is 1.66 bits per heavy atom. The van der Waals surface area contributed by atoms with Crippen molar-refractivity contribution >= 4 is 46.4 Å². The van der Waals surface area contributed by atoms with Gasteiger partial charge in [-0.1, -0.05) is 53.4 Å². The monoisotopic (exact) mass is 452 g/mol. The normalized spacial score (nSPS) is 22.7. The smallest absolute Gasteiger partial charge is 0.253 e. The number of hydrazine groups is 2. The van der Waals surface area contributed by atoms with E-state index in [4.69, 9.17) is 34.8 Å². The fraction of sp³-hybridized carbons (Fsp3) is 0.381. The lowest BCUT2D eigenvalue weighted by atomic mass is 10.0. The number of nitrogens with one attached hydrogen (secondary N) is 2. The maximum atomic E-state index is 12.9. The molecular formula is C21H23Cl3N4O. The summed E-state index contributed by atoms with van der Waals surface area (Å²) >= 11 is 18.6. The third-order valence-electron chi connectivity index (χ3n) is 5.43. The number of carbonyl (C=O) groups is 1. The van der Waals surface area contributed by atoms with Crippen LogP contribution in [0, 0.1) is 0 Å². The van der Waals surface area contributed by atoms with Crippen LogP contribution in [0.1, 0.15) is 37.3 Å². The average Bonchev–Trinajstić information content (AvgIpc) is 3.14. The number of hydrogen-bond acceptors (Lipinski definition) is 4. The number of amides is 1. The van der Waals surface area contributed by atoms with Gasteiger partial charge in [-0.15, -0.1) is 0 Å². The Balaban J connectivity index is 1.58. The molecule has 0 radical (unpaired) electrons. The van der Waals surface area contributed by atoms with Crippen LogP contribution in [-0.4, -0.2) is 30.0 Å². The van der Waals surface area contributed by atoms with Crippen LogP contribution >= 0.6 is 34.8 Å². The molecule has 2 fully saturated rings. The van der Waals surface area contributed by atoms with Gasteiger partial charge in [0.05, 0.1) is 16.8 Å². The van der Waals surface area contributed by atoms with Gasteiger partial charge in [-0.3, -0.25) is 15.2 Å². The second-order valence-electron chi connectivity index (χ2n) is 7.47. The molecule has 2 aliphatic heterocycles. The molecule has 2 heterocycles. The molecule has 4 rings (SSSR count). The maximum Gasteiger partial charge on any atom is 0.253 e. The number of rotatable bonds is 4. The molecule has 0 spiro atoms. The van der Waals surface area contributed by atoms with Gasteiger partial charge < -0.3 is 0 Å². The highest BCUT2D eigenvalue weighted by Gasteiger charge is 2.38. The van der Waals surface area contributed by atoms with Crippen LogP contribution in [0.4, 0.5) is 5.69 Å². The van der Waals surface area contributed by atoms with Gasteiger partial charge in [0.25, 0.3) is 5.91 Å². The summed E-state index contributed by atoms with van der Waals surface area (Å²) in [5.41, 5.74) is 8.26. The highest BCUT2D eigenvalue weighted by atomic mass is 35.5. The van der Waals surface area contributed by atoms with Gasteiger partial charge in [-0.2, -0.15) is 0 Å². The van der Waals surface area contributed by atoms with Crippen LogP contribution in [0.5, 0.6) is 0 Å². The van der Waals surface area contributed by atoms with Crippen molar-refractivity contribution in [3.8, 4) is 0 Å². The molecule has 29 heavy (non-hydrogen) atoms. The molecule has 2 N–H and O–H groups in total. The predicted octanol–water partition coefficient (Wildman–Crippen LogP) is 4.99. The van der Waals surface area contributed by atoms with Gasteiger partial charge in [0.2, 0.25) is 0 Å². The van der Waals surface area contributed by atoms with Crippen molar-refractivity contribution in [2.24, 2.45) is 0 Å². The van der Waals surface area contributed by atoms with Gasteiger partial charge in [0.15, 0.2) is 0 Å². The fourth-order valence-electron chi connectivity index (χ4n) is 3.93. The first-order chi connectivity index (χ1) is 14.0. The third-order valence-corrected chi connectivity index (χ3v) is 6.22. The first kappa shape index (κ1) is 20.8. The van der Waals surface area contributed by atoms with Crippen LogP contribution in [0.2, 0.25) is 15.1 Å². The molecule has 0 bridgehead atoms. The van der Waals surface area contributed by atoms with Crippen molar-refractivity contribution in [3.05, 3.63) is 63.1 Å². The SMILES string of the molecule is O=C(NN1CCCCC1)C1CC(c2ccc(Cl)cc2)N(c2ccc(Cl)cc2Cl)N1. The summed E-state index contributed by atoms with van der Waals surface area (Å²) in [7, 11) is 0. The van der Waals surface area contributed by atoms with Crippen molar-refractivity contribution in [1.82, 2.24) is 15.9 Å². The molecule has 2 unspecified atom stereocenters. The molecule has 5 nitrogen and oxygen atoms in total. The zero-order valence-corrected chi connectivity index (χ0v) is 18.1. The van der Waals surface area contributed by atoms with Gasteiger partial charge in [-0.05, 0) is 55.2 Å². The summed E-state index contributed by atoms with van der Waals surface area (Å²) in [4.78, 5) is 12.9. The first-order valence-electron chi connectivity index (χ1n) is 9.82. The van der Waals surface area contributed by atoms with Crippen molar-refractivity contribution in [2.45, 2.75) is 37.8 Å². The average molecular weight is 454 g/mol. The Bertz CT molecular complexity index is 871. The molecule has 8 heteroatoms. The Morgan fingerprint density at radius 3 is 2.34 bits per heavy atom. The van der Waals surface area contributed by atoms with Gasteiger partial charge in [0, 0.05) is 23.1 Å². The minimum absolute atomic E-state index is 0.0292. The van der Waals surface area contributed by atoms with Crippen LogP contribution in [-0.2, 0) is 4.79 Å². The Morgan fingerprint density at radius 1 is 0.966 bits per heavy atom. The first-order valence-corrected chi connectivity index (χ1v) is 11.0. The summed E-state index contributed by atoms with van der Waals surface area (Å²) in [6.07, 6.45) is 4.05. The second kappa shape index (κ2) is 9.11. The minimum Gasteiger partial charge on any atom is -0.299 e. The van der Waals surface area contributed by atoms with E-state index in [-0.39, 0.29) is 18.0 Å². The summed E-state index contributed by atoms with van der Waals surface area (Å²) in [5.74, 6) is -0.0292. The van der Waals surface area contributed by atoms with Crippen molar-refractivity contribution in [2.75, 3.05) is 18.1 Å². The van der Waals surface area contributed by atoms with Gasteiger partial charge in [-0.25, -0.2) is 10.4 Å². The van der Waals surface area contributed by atoms with E-state index in [1.54, 1.807) is 12.1 Å². The zero-order chi connectivity index (χ0) is 20.4. The third kappa shape index (κ3) is 4.81. The molecule has 0 aliphatic carbocycles. The molecule has 2 aromatic rings. The number of nitrogens with zero attached hydrogens (tertiary/aromatic N) is 2. The Labute approximate surface area is 185 Å². The van der Waals surface area contributed by atoms with E-state index in [9.17, 15) is 4.79 Å². The van der Waals surface area contributed by atoms with Crippen LogP contribution in [0.3, 0.4) is 0 Å². The van der Waals surface area contributed by atoms with Crippen molar-refractivity contribution in [1.29, 1.82) is 0 Å². The van der Waals surface area contributed by atoms with E-state index in [0.717, 1.165) is 37.2 Å². The Kier molecular flexibility index (Phi) is 6.52. The van der Waals surface area contributed by atoms with E-state index >= 15 is 0 Å². The fourth-order valence-corrected chi connectivity index (χ4v) is 4.55. The van der Waals surface area contributed by atoms with Crippen LogP contribution < -0.4 is 15.9 Å². The Hall–Kier alpha value is -1.50. The topological polar surface area (TPSA) is 47.6 Å². The highest BCUT2D eigenvalue weighted by molar-refractivity contribution is 6.36. The second-order valence-corrected chi connectivity index (χ2v) is 8.75. The van der Waals surface area contributed by atoms with Crippen molar-refractivity contribution in [3.63, 3.8) is 0 Å². The lowest BCUT2D eigenvalue weighted by Gasteiger charge is -2.29. The van der Waals surface area contributed by atoms with Crippen molar-refractivity contribution < 1.29 is 4.79 Å². The van der Waals surface area contributed by atoms with E-state index in [1.807, 2.05) is 40.3 Å². The van der Waals surface area contributed by atoms with Gasteiger partial charge in [0.1, 0.15) is 6.04 Å². The number of carbonyl (C=O) groups excluding carboxylic acids is 1.